The van der Waals surface area contributed by atoms with E-state index in [-0.39, 0.29) is 23.3 Å². The lowest BCUT2D eigenvalue weighted by molar-refractivity contribution is 0.0811. The standard InChI is InChI=1S/C24H29N5O.C22H28N6O.C20H28N4.12C2H6/c1-27-11-13-28(14-12-27)20-7-9-21(10-8-20)29-23-19(16-25-17-26-23)15-22(24(29)30)18-5-3-2-4-6-18;1-25-11-13-26(14-12-25)17-7-9-19(10-8-17)28-21-20(15-23-16-24-21)27(22(28)29)18-5-3-2-4-6-18;1-22-13-15-23(16-14-22)18-7-9-19(10-8-18)24-12-11-20(21-24)17-5-3-2-4-6-17;12*1-2/h2-6,15-17,20-21H,7-14H2,1H3;2-6,15-17,19H,7-14H2,1H3;2-6,11-12,18-19H,7-10,13-16H2,1H3;12*1-2H3/i3*1D;;;;;;;;;;;;. The molecule has 6 aliphatic rings. The summed E-state index contributed by atoms with van der Waals surface area (Å²) in [5, 5.41) is 5.75. The van der Waals surface area contributed by atoms with Crippen LogP contribution >= 0.6 is 0 Å². The van der Waals surface area contributed by atoms with E-state index in [0.29, 0.717) is 39.2 Å². The Morgan fingerprint density at radius 1 is 0.364 bits per heavy atom. The van der Waals surface area contributed by atoms with Crippen molar-refractivity contribution >= 4 is 22.2 Å². The van der Waals surface area contributed by atoms with Gasteiger partial charge in [0, 0.05) is 142 Å². The van der Waals surface area contributed by atoms with Gasteiger partial charge in [-0.3, -0.25) is 37.9 Å². The first-order chi connectivity index (χ1) is 54.3. The van der Waals surface area contributed by atoms with Crippen LogP contribution in [0.1, 0.15) is 265 Å². The highest BCUT2D eigenvalue weighted by molar-refractivity contribution is 5.80. The van der Waals surface area contributed by atoms with Crippen molar-refractivity contribution in [3.8, 4) is 28.1 Å². The van der Waals surface area contributed by atoms with Crippen LogP contribution in [0.25, 0.3) is 50.3 Å². The largest absolute Gasteiger partial charge is 0.335 e. The second-order valence-corrected chi connectivity index (χ2v) is 23.9. The van der Waals surface area contributed by atoms with Gasteiger partial charge in [0.2, 0.25) is 0 Å². The molecule has 0 amide bonds. The Kier molecular flexibility index (Phi) is 53.9. The lowest BCUT2D eigenvalue weighted by atomic mass is 9.89. The van der Waals surface area contributed by atoms with E-state index in [0.717, 1.165) is 181 Å². The molecule has 3 aromatic carbocycles. The zero-order valence-electron chi connectivity index (χ0n) is 75.3. The number of piperazine rings is 3. The fraction of sp³-hybridized carbons (Fsp3) is 0.633. The Morgan fingerprint density at radius 2 is 0.710 bits per heavy atom. The van der Waals surface area contributed by atoms with Crippen LogP contribution in [-0.2, 0) is 0 Å². The Hall–Kier alpha value is -6.73. The molecular formula is C90H157N15O2. The van der Waals surface area contributed by atoms with Gasteiger partial charge in [-0.15, -0.1) is 0 Å². The average molecular weight is 1480 g/mol. The molecule has 3 saturated carbocycles. The van der Waals surface area contributed by atoms with Crippen LogP contribution in [0.2, 0.25) is 0 Å². The second kappa shape index (κ2) is 61.1. The Morgan fingerprint density at radius 3 is 1.11 bits per heavy atom. The molecular weight excluding hydrogens is 1320 g/mol. The number of aromatic nitrogens is 9. The summed E-state index contributed by atoms with van der Waals surface area (Å²) in [7, 11) is 1.25. The number of pyridine rings is 1. The van der Waals surface area contributed by atoms with Crippen molar-refractivity contribution in [1.29, 1.82) is 0 Å². The topological polar surface area (TPSA) is 138 Å². The van der Waals surface area contributed by atoms with Gasteiger partial charge in [-0.25, -0.2) is 24.7 Å². The Balaban J connectivity index is 0.00000143. The smallest absolute Gasteiger partial charge is 0.304 e. The van der Waals surface area contributed by atoms with Gasteiger partial charge < -0.3 is 14.7 Å². The van der Waals surface area contributed by atoms with Gasteiger partial charge in [0.1, 0.15) is 23.8 Å². The molecule has 0 spiro atoms. The first kappa shape index (κ1) is 94.5. The van der Waals surface area contributed by atoms with Crippen LogP contribution in [0, 0.1) is 0 Å². The molecule has 0 bridgehead atoms. The molecule has 3 aliphatic heterocycles. The van der Waals surface area contributed by atoms with Gasteiger partial charge >= 0.3 is 5.69 Å². The van der Waals surface area contributed by atoms with Crippen molar-refractivity contribution in [2.75, 3.05) is 99.6 Å². The van der Waals surface area contributed by atoms with Crippen molar-refractivity contribution in [2.24, 2.45) is 0 Å². The van der Waals surface area contributed by atoms with Crippen LogP contribution in [0.15, 0.2) is 144 Å². The summed E-state index contributed by atoms with van der Waals surface area (Å²) in [6.07, 6.45) is 22.1. The number of para-hydroxylation sites is 1. The minimum Gasteiger partial charge on any atom is -0.304 e. The summed E-state index contributed by atoms with van der Waals surface area (Å²) in [6.45, 7) is 60.5. The number of imidazole rings is 1. The van der Waals surface area contributed by atoms with Gasteiger partial charge in [-0.1, -0.05) is 245 Å². The van der Waals surface area contributed by atoms with Crippen LogP contribution in [0.3, 0.4) is 0 Å². The second-order valence-electron chi connectivity index (χ2n) is 23.9. The lowest BCUT2D eigenvalue weighted by Gasteiger charge is -2.41. The zero-order valence-corrected chi connectivity index (χ0v) is 72.3. The molecule has 14 rings (SSSR count). The van der Waals surface area contributed by atoms with Crippen molar-refractivity contribution in [3.05, 3.63) is 155 Å². The highest BCUT2D eigenvalue weighted by Gasteiger charge is 2.34. The van der Waals surface area contributed by atoms with Crippen LogP contribution in [0.5, 0.6) is 0 Å². The van der Waals surface area contributed by atoms with E-state index >= 15 is 0 Å². The minimum absolute atomic E-state index is 0.0239. The number of nitrogens with zero attached hydrogens (tertiary/aromatic N) is 15. The van der Waals surface area contributed by atoms with E-state index in [1.807, 2.05) is 254 Å². The molecule has 604 valence electrons. The fourth-order valence-electron chi connectivity index (χ4n) is 14.1. The molecule has 8 heterocycles. The van der Waals surface area contributed by atoms with E-state index in [1.165, 1.54) is 43.9 Å². The molecule has 17 heteroatoms. The molecule has 17 nitrogen and oxygen atoms in total. The fourth-order valence-corrected chi connectivity index (χ4v) is 14.1. The molecule has 8 aromatic rings. The summed E-state index contributed by atoms with van der Waals surface area (Å²) in [6, 6.07) is 36.9. The van der Waals surface area contributed by atoms with Crippen molar-refractivity contribution in [1.82, 2.24) is 72.8 Å². The summed E-state index contributed by atoms with van der Waals surface area (Å²) in [5.41, 5.74) is 7.04. The number of hydrogen-bond acceptors (Lipinski definition) is 13. The molecule has 0 unspecified atom stereocenters. The highest BCUT2D eigenvalue weighted by atomic mass is 16.2. The zero-order chi connectivity index (χ0) is 82.8. The van der Waals surface area contributed by atoms with Crippen LogP contribution < -0.4 is 11.2 Å². The first-order valence-electron chi connectivity index (χ1n) is 44.7. The minimum atomic E-state index is -0.0239. The Labute approximate surface area is 658 Å². The molecule has 0 atom stereocenters. The van der Waals surface area contributed by atoms with Crippen molar-refractivity contribution in [3.63, 3.8) is 0 Å². The summed E-state index contributed by atoms with van der Waals surface area (Å²) in [5.74, 6) is 0. The summed E-state index contributed by atoms with van der Waals surface area (Å²) in [4.78, 5) is 58.9. The van der Waals surface area contributed by atoms with Gasteiger partial charge in [0.15, 0.2) is 5.65 Å². The first-order valence-corrected chi connectivity index (χ1v) is 42.6. The molecule has 0 N–H and O–H groups in total. The quantitative estimate of drug-likeness (QED) is 0.136. The summed E-state index contributed by atoms with van der Waals surface area (Å²) >= 11 is 0. The third-order valence-electron chi connectivity index (χ3n) is 18.9. The third kappa shape index (κ3) is 30.2. The maximum Gasteiger partial charge on any atom is 0.335 e. The lowest BCUT2D eigenvalue weighted by Crippen LogP contribution is -2.50. The maximum absolute atomic E-state index is 13.6. The van der Waals surface area contributed by atoms with Crippen molar-refractivity contribution in [2.45, 2.75) is 279 Å². The monoisotopic (exact) mass is 1480 g/mol. The molecule has 0 radical (unpaired) electrons. The number of rotatable bonds is 9. The number of benzene rings is 3. The summed E-state index contributed by atoms with van der Waals surface area (Å²) < 4.78 is 30.4. The van der Waals surface area contributed by atoms with Crippen LogP contribution in [-0.4, -0.2) is 191 Å². The van der Waals surface area contributed by atoms with E-state index in [1.54, 1.807) is 10.8 Å². The van der Waals surface area contributed by atoms with E-state index in [2.05, 4.69) is 90.5 Å². The highest BCUT2D eigenvalue weighted by Crippen LogP contribution is 2.36. The van der Waals surface area contributed by atoms with Crippen molar-refractivity contribution < 1.29 is 4.11 Å². The Bertz CT molecular complexity index is 3530. The molecule has 107 heavy (non-hydrogen) atoms. The predicted octanol–water partition coefficient (Wildman–Crippen LogP) is 21.1. The van der Waals surface area contributed by atoms with Gasteiger partial charge in [0.05, 0.1) is 23.6 Å². The third-order valence-corrected chi connectivity index (χ3v) is 18.9. The number of fused-ring (bicyclic) bond motifs is 2. The number of likely N-dealkylation sites (N-methyl/N-ethyl adjacent to an activating group) is 3. The molecule has 3 saturated heterocycles. The van der Waals surface area contributed by atoms with E-state index in [4.69, 9.17) is 9.21 Å². The van der Waals surface area contributed by atoms with Crippen LogP contribution in [0.4, 0.5) is 0 Å². The average Bonchev–Trinajstić information content (AvgIpc) is 1.49. The normalized spacial score (nSPS) is 20.2. The number of hydrogen-bond donors (Lipinski definition) is 0. The van der Waals surface area contributed by atoms with E-state index < -0.39 is 0 Å². The predicted molar refractivity (Wildman–Crippen MR) is 467 cm³/mol. The van der Waals surface area contributed by atoms with Gasteiger partial charge in [0.25, 0.3) is 5.56 Å². The molecule has 5 aromatic heterocycles. The van der Waals surface area contributed by atoms with Gasteiger partial charge in [-0.05, 0) is 128 Å². The maximum atomic E-state index is 13.6. The van der Waals surface area contributed by atoms with E-state index in [9.17, 15) is 9.59 Å². The SMILES string of the molecule is CC.CC.CC.CC.CC.CC.CC.CC.CC.CC.CC.CC.[2H]CN1CCN(C2CCC(n3c(=O)c(-c4ccccc4)cc4cncnc43)CC2)CC1.[2H]CN1CCN(C2CCC(n3c(=O)n(-c4ccccc4)c4cncnc43)CC2)CC1.[2H]CN1CCN(C2CCC(n3ccc(-c4ccccc4)n3)CC2)CC1. The van der Waals surface area contributed by atoms with Gasteiger partial charge in [-0.2, -0.15) is 5.10 Å². The molecule has 3 aliphatic carbocycles. The molecule has 6 fully saturated rings.